The van der Waals surface area contributed by atoms with Gasteiger partial charge in [-0.1, -0.05) is 178 Å². The zero-order chi connectivity index (χ0) is 44.2. The summed E-state index contributed by atoms with van der Waals surface area (Å²) < 4.78 is 13.5. The Morgan fingerprint density at radius 1 is 0.312 bits per heavy atom. The Labute approximate surface area is 381 Å². The third-order valence-corrected chi connectivity index (χ3v) is 17.2. The molecule has 0 aliphatic carbocycles. The van der Waals surface area contributed by atoms with Crippen molar-refractivity contribution in [1.82, 2.24) is 0 Å². The minimum Gasteiger partial charge on any atom is -0.489 e. The van der Waals surface area contributed by atoms with E-state index in [0.29, 0.717) is 13.2 Å². The molecule has 0 spiro atoms. The summed E-state index contributed by atoms with van der Waals surface area (Å²) in [6.07, 6.45) is 0. The summed E-state index contributed by atoms with van der Waals surface area (Å²) in [6, 6.07) is 60.4. The number of benzene rings is 9. The molecule has 6 bridgehead atoms. The number of rotatable bonds is 6. The first kappa shape index (κ1) is 41.9. The summed E-state index contributed by atoms with van der Waals surface area (Å²) in [7, 11) is -2.14. The molecule has 0 saturated carbocycles. The summed E-state index contributed by atoms with van der Waals surface area (Å²) >= 11 is 0. The predicted octanol–water partition coefficient (Wildman–Crippen LogP) is 13.1. The molecule has 4 heteroatoms. The molecule has 0 radical (unpaired) electrons. The Balaban J connectivity index is 1.40. The number of ether oxygens (including phenoxy) is 2. The maximum atomic E-state index is 6.74. The lowest BCUT2D eigenvalue weighted by molar-refractivity contribution is 0.303. The van der Waals surface area contributed by atoms with Crippen molar-refractivity contribution < 1.29 is 9.47 Å². The Hall–Kier alpha value is -6.04. The summed E-state index contributed by atoms with van der Waals surface area (Å²) in [5.74, 6) is 1.72. The van der Waals surface area contributed by atoms with Crippen molar-refractivity contribution in [3.8, 4) is 22.6 Å². The van der Waals surface area contributed by atoms with E-state index in [4.69, 9.17) is 9.47 Å². The molecule has 0 N–H and O–H groups in total. The molecule has 11 rings (SSSR count). The van der Waals surface area contributed by atoms with Crippen molar-refractivity contribution in [2.24, 2.45) is 0 Å². The third kappa shape index (κ3) is 8.39. The van der Waals surface area contributed by atoms with Gasteiger partial charge in [-0.25, -0.2) is 0 Å². The van der Waals surface area contributed by atoms with E-state index in [-0.39, 0.29) is 0 Å². The van der Waals surface area contributed by atoms with Crippen LogP contribution in [0.3, 0.4) is 0 Å². The van der Waals surface area contributed by atoms with Gasteiger partial charge in [-0.05, 0) is 171 Å². The molecular weight excluding hydrogens is 815 g/mol. The van der Waals surface area contributed by atoms with Crippen LogP contribution in [0.2, 0.25) is 0 Å². The fourth-order valence-corrected chi connectivity index (χ4v) is 15.6. The molecule has 0 atom stereocenters. The van der Waals surface area contributed by atoms with Gasteiger partial charge in [0.05, 0.1) is 0 Å². The fraction of sp³-hybridized carbons (Fsp3) is 0.167. The molecule has 2 heterocycles. The second kappa shape index (κ2) is 17.2. The van der Waals surface area contributed by atoms with Gasteiger partial charge in [0, 0.05) is 0 Å². The standard InChI is InChI=1S/C60H54O2P2/c1-37-21-38(2)26-51(25-37)63(52-27-39(3)22-40(4)28-52)57-19-15-47-13-17-49-33-55(47)59(57)60-56-34-50(62-36-46-11-9-45(10-12-46)35-61-49)18-14-48(56)16-20-58(60)64(53-29-41(5)23-42(6)30-53)54-31-43(7)24-44(8)32-54/h9-34H,35-36H2,1-8H3. The number of fused-ring (bicyclic) bond motifs is 4. The van der Waals surface area contributed by atoms with E-state index in [9.17, 15) is 0 Å². The van der Waals surface area contributed by atoms with Crippen LogP contribution in [0.5, 0.6) is 11.5 Å². The van der Waals surface area contributed by atoms with Crippen molar-refractivity contribution in [2.75, 3.05) is 0 Å². The molecule has 316 valence electrons. The van der Waals surface area contributed by atoms with Crippen LogP contribution in [0.25, 0.3) is 32.7 Å². The highest BCUT2D eigenvalue weighted by atomic mass is 31.1. The molecule has 2 nitrogen and oxygen atoms in total. The third-order valence-electron chi connectivity index (χ3n) is 12.4. The maximum Gasteiger partial charge on any atom is 0.120 e. The molecule has 0 amide bonds. The first-order chi connectivity index (χ1) is 30.9. The van der Waals surface area contributed by atoms with E-state index in [2.05, 4.69) is 213 Å². The average Bonchev–Trinajstić information content (AvgIpc) is 3.24. The van der Waals surface area contributed by atoms with Crippen LogP contribution < -0.4 is 41.3 Å². The predicted molar refractivity (Wildman–Crippen MR) is 277 cm³/mol. The molecule has 2 aliphatic rings. The highest BCUT2D eigenvalue weighted by molar-refractivity contribution is 7.81. The zero-order valence-electron chi connectivity index (χ0n) is 38.1. The first-order valence-corrected chi connectivity index (χ1v) is 25.0. The summed E-state index contributed by atoms with van der Waals surface area (Å²) in [6.45, 7) is 18.9. The van der Waals surface area contributed by atoms with E-state index in [1.54, 1.807) is 0 Å². The van der Waals surface area contributed by atoms with Gasteiger partial charge in [0.2, 0.25) is 0 Å². The topological polar surface area (TPSA) is 18.5 Å². The van der Waals surface area contributed by atoms with Crippen molar-refractivity contribution in [3.63, 3.8) is 0 Å². The van der Waals surface area contributed by atoms with Crippen LogP contribution in [-0.4, -0.2) is 0 Å². The van der Waals surface area contributed by atoms with E-state index in [1.165, 1.54) is 109 Å². The highest BCUT2D eigenvalue weighted by Gasteiger charge is 2.30. The van der Waals surface area contributed by atoms with Crippen LogP contribution in [0.1, 0.15) is 55.6 Å². The molecule has 2 aliphatic heterocycles. The molecule has 9 aromatic carbocycles. The van der Waals surface area contributed by atoms with Gasteiger partial charge in [-0.15, -0.1) is 0 Å². The lowest BCUT2D eigenvalue weighted by atomic mass is 9.93. The highest BCUT2D eigenvalue weighted by Crippen LogP contribution is 2.47. The Morgan fingerprint density at radius 2 is 0.594 bits per heavy atom. The molecule has 0 fully saturated rings. The second-order valence-electron chi connectivity index (χ2n) is 18.1. The lowest BCUT2D eigenvalue weighted by Crippen LogP contribution is -2.27. The molecule has 0 saturated heterocycles. The van der Waals surface area contributed by atoms with Gasteiger partial charge in [0.25, 0.3) is 0 Å². The van der Waals surface area contributed by atoms with Crippen molar-refractivity contribution in [3.05, 3.63) is 213 Å². The van der Waals surface area contributed by atoms with Gasteiger partial charge in [0.15, 0.2) is 0 Å². The Morgan fingerprint density at radius 3 is 0.891 bits per heavy atom. The largest absolute Gasteiger partial charge is 0.489 e. The average molecular weight is 869 g/mol. The molecule has 0 aromatic heterocycles. The van der Waals surface area contributed by atoms with E-state index >= 15 is 0 Å². The number of hydrogen-bond donors (Lipinski definition) is 0. The fourth-order valence-electron chi connectivity index (χ4n) is 9.89. The van der Waals surface area contributed by atoms with Crippen molar-refractivity contribution >= 4 is 69.2 Å². The molecular formula is C60H54O2P2. The van der Waals surface area contributed by atoms with E-state index in [1.807, 2.05) is 0 Å². The summed E-state index contributed by atoms with van der Waals surface area (Å²) in [4.78, 5) is 0. The number of aryl methyl sites for hydroxylation is 8. The monoisotopic (exact) mass is 868 g/mol. The normalized spacial score (nSPS) is 12.5. The van der Waals surface area contributed by atoms with Gasteiger partial charge in [-0.3, -0.25) is 0 Å². The molecule has 9 aromatic rings. The summed E-state index contributed by atoms with van der Waals surface area (Å²) in [5.41, 5.74) is 15.0. The van der Waals surface area contributed by atoms with Crippen LogP contribution in [0.15, 0.2) is 158 Å². The Bertz CT molecular complexity index is 2870. The van der Waals surface area contributed by atoms with Crippen molar-refractivity contribution in [2.45, 2.75) is 68.6 Å². The number of hydrogen-bond acceptors (Lipinski definition) is 2. The van der Waals surface area contributed by atoms with Gasteiger partial charge in [-0.2, -0.15) is 0 Å². The molecule has 64 heavy (non-hydrogen) atoms. The van der Waals surface area contributed by atoms with Gasteiger partial charge >= 0.3 is 0 Å². The Kier molecular flexibility index (Phi) is 11.2. The summed E-state index contributed by atoms with van der Waals surface area (Å²) in [5, 5.41) is 12.8. The first-order valence-electron chi connectivity index (χ1n) is 22.3. The SMILES string of the molecule is Cc1cc(C)cc(P(c2cc(C)cc(C)c2)c2ccc3ccc4cc3c2-c2c(P(c3cc(C)cc(C)c3)c3cc(C)cc(C)c3)ccc3ccc(cc23)OCc2ccc(cc2)CO4)c1. The van der Waals surface area contributed by atoms with Crippen molar-refractivity contribution in [1.29, 1.82) is 0 Å². The zero-order valence-corrected chi connectivity index (χ0v) is 39.9. The smallest absolute Gasteiger partial charge is 0.120 e. The van der Waals surface area contributed by atoms with Gasteiger partial charge < -0.3 is 9.47 Å². The minimum atomic E-state index is -1.07. The maximum absolute atomic E-state index is 6.74. The minimum absolute atomic E-state index is 0.476. The van der Waals surface area contributed by atoms with Crippen LogP contribution >= 0.6 is 15.8 Å². The quantitative estimate of drug-likeness (QED) is 0.155. The lowest BCUT2D eigenvalue weighted by Gasteiger charge is -2.29. The van der Waals surface area contributed by atoms with Crippen LogP contribution in [0, 0.1) is 55.4 Å². The second-order valence-corrected chi connectivity index (χ2v) is 22.5. The van der Waals surface area contributed by atoms with E-state index in [0.717, 1.165) is 22.6 Å². The van der Waals surface area contributed by atoms with E-state index < -0.39 is 15.8 Å². The van der Waals surface area contributed by atoms with Gasteiger partial charge in [0.1, 0.15) is 24.7 Å². The van der Waals surface area contributed by atoms with Crippen LogP contribution in [0.4, 0.5) is 0 Å². The van der Waals surface area contributed by atoms with Crippen LogP contribution in [-0.2, 0) is 13.2 Å². The molecule has 0 unspecified atom stereocenters.